The predicted molar refractivity (Wildman–Crippen MR) is 94.6 cm³/mol. The van der Waals surface area contributed by atoms with Gasteiger partial charge in [-0.3, -0.25) is 4.90 Å². The van der Waals surface area contributed by atoms with Gasteiger partial charge in [0.2, 0.25) is 10.0 Å². The molecule has 1 saturated carbocycles. The van der Waals surface area contributed by atoms with Crippen LogP contribution in [-0.2, 0) is 10.0 Å². The van der Waals surface area contributed by atoms with Crippen LogP contribution in [0.4, 0.5) is 0 Å². The monoisotopic (exact) mass is 334 g/mol. The number of sulfonamides is 1. The minimum absolute atomic E-state index is 0.115. The van der Waals surface area contributed by atoms with Crippen LogP contribution < -0.4 is 4.72 Å². The summed E-state index contributed by atoms with van der Waals surface area (Å²) < 4.78 is 26.6. The number of benzene rings is 1. The van der Waals surface area contributed by atoms with Crippen molar-refractivity contribution in [1.82, 2.24) is 9.62 Å². The summed E-state index contributed by atoms with van der Waals surface area (Å²) in [5.41, 5.74) is 2.58. The van der Waals surface area contributed by atoms with Crippen molar-refractivity contribution in [3.05, 3.63) is 41.5 Å². The van der Waals surface area contributed by atoms with Crippen LogP contribution in [0.3, 0.4) is 0 Å². The zero-order valence-corrected chi connectivity index (χ0v) is 14.6. The van der Waals surface area contributed by atoms with Gasteiger partial charge in [0.05, 0.1) is 5.25 Å². The molecule has 1 aliphatic carbocycles. The second-order valence-corrected chi connectivity index (χ2v) is 8.93. The number of hydrogen-bond acceptors (Lipinski definition) is 3. The van der Waals surface area contributed by atoms with Crippen molar-refractivity contribution in [2.75, 3.05) is 26.2 Å². The van der Waals surface area contributed by atoms with E-state index in [1.165, 1.54) is 11.1 Å². The van der Waals surface area contributed by atoms with E-state index in [0.29, 0.717) is 12.5 Å². The van der Waals surface area contributed by atoms with Crippen LogP contribution in [0.25, 0.3) is 6.08 Å². The molecular formula is C18H26N2O2S. The molecule has 0 aromatic heterocycles. The molecule has 1 unspecified atom stereocenters. The lowest BCUT2D eigenvalue weighted by molar-refractivity contribution is 0.351. The van der Waals surface area contributed by atoms with Gasteiger partial charge in [-0.1, -0.05) is 42.0 Å². The smallest absolute Gasteiger partial charge is 0.214 e. The summed E-state index contributed by atoms with van der Waals surface area (Å²) in [7, 11) is -3.04. The standard InChI is InChI=1S/C18H26N2O2S/c1-15(11-16-5-3-2-4-6-16)13-20-10-9-17(14-20)12-19-23(21,22)18-7-8-18/h2-6,11,17-19H,7-10,12-14H2,1H3/b15-11+. The van der Waals surface area contributed by atoms with Crippen molar-refractivity contribution < 1.29 is 8.42 Å². The molecule has 23 heavy (non-hydrogen) atoms. The Hall–Kier alpha value is -1.17. The average Bonchev–Trinajstić information content (AvgIpc) is 3.29. The van der Waals surface area contributed by atoms with E-state index in [1.54, 1.807) is 0 Å². The Balaban J connectivity index is 1.45. The third-order valence-electron chi connectivity index (χ3n) is 4.59. The molecule has 2 aliphatic rings. The lowest BCUT2D eigenvalue weighted by atomic mass is 10.1. The van der Waals surface area contributed by atoms with Crippen molar-refractivity contribution in [2.45, 2.75) is 31.4 Å². The average molecular weight is 334 g/mol. The van der Waals surface area contributed by atoms with Crippen LogP contribution in [0.15, 0.2) is 35.9 Å². The number of nitrogens with one attached hydrogen (secondary N) is 1. The minimum atomic E-state index is -3.04. The quantitative estimate of drug-likeness (QED) is 0.833. The van der Waals surface area contributed by atoms with Gasteiger partial charge in [0.25, 0.3) is 0 Å². The van der Waals surface area contributed by atoms with Crippen LogP contribution in [0.1, 0.15) is 31.7 Å². The van der Waals surface area contributed by atoms with Crippen molar-refractivity contribution in [2.24, 2.45) is 5.92 Å². The summed E-state index contributed by atoms with van der Waals surface area (Å²) >= 11 is 0. The maximum Gasteiger partial charge on any atom is 0.214 e. The summed E-state index contributed by atoms with van der Waals surface area (Å²) in [6.07, 6.45) is 4.96. The Labute approximate surface area is 139 Å². The largest absolute Gasteiger partial charge is 0.299 e. The maximum atomic E-state index is 11.9. The van der Waals surface area contributed by atoms with Gasteiger partial charge in [-0.2, -0.15) is 0 Å². The first-order chi connectivity index (χ1) is 11.0. The summed E-state index contributed by atoms with van der Waals surface area (Å²) in [5, 5.41) is -0.115. The van der Waals surface area contributed by atoms with Gasteiger partial charge in [0, 0.05) is 19.6 Å². The van der Waals surface area contributed by atoms with Gasteiger partial charge in [0.15, 0.2) is 0 Å². The second-order valence-electron chi connectivity index (χ2n) is 6.88. The summed E-state index contributed by atoms with van der Waals surface area (Å²) in [6.45, 7) is 5.75. The lowest BCUT2D eigenvalue weighted by Gasteiger charge is -2.17. The molecule has 126 valence electrons. The molecule has 1 heterocycles. The third kappa shape index (κ3) is 4.90. The van der Waals surface area contributed by atoms with Crippen LogP contribution in [0, 0.1) is 5.92 Å². The Morgan fingerprint density at radius 3 is 2.70 bits per heavy atom. The number of hydrogen-bond donors (Lipinski definition) is 1. The molecule has 1 atom stereocenters. The van der Waals surface area contributed by atoms with E-state index >= 15 is 0 Å². The highest BCUT2D eigenvalue weighted by Crippen LogP contribution is 2.27. The molecule has 0 spiro atoms. The van der Waals surface area contributed by atoms with Gasteiger partial charge in [-0.05, 0) is 44.2 Å². The highest BCUT2D eigenvalue weighted by Gasteiger charge is 2.36. The predicted octanol–water partition coefficient (Wildman–Crippen LogP) is 2.49. The zero-order chi connectivity index (χ0) is 16.3. The van der Waals surface area contributed by atoms with E-state index in [1.807, 2.05) is 6.07 Å². The van der Waals surface area contributed by atoms with E-state index in [4.69, 9.17) is 0 Å². The number of likely N-dealkylation sites (tertiary alicyclic amines) is 1. The Morgan fingerprint density at radius 1 is 1.26 bits per heavy atom. The number of rotatable bonds is 7. The van der Waals surface area contributed by atoms with Gasteiger partial charge < -0.3 is 0 Å². The Kier molecular flexibility index (Phi) is 5.19. The molecule has 0 bridgehead atoms. The van der Waals surface area contributed by atoms with Crippen LogP contribution >= 0.6 is 0 Å². The molecule has 0 radical (unpaired) electrons. The summed E-state index contributed by atoms with van der Waals surface area (Å²) in [5.74, 6) is 0.438. The fourth-order valence-corrected chi connectivity index (χ4v) is 4.65. The molecule has 0 amide bonds. The van der Waals surface area contributed by atoms with Gasteiger partial charge >= 0.3 is 0 Å². The molecule has 1 N–H and O–H groups in total. The van der Waals surface area contributed by atoms with E-state index in [2.05, 4.69) is 46.9 Å². The third-order valence-corrected chi connectivity index (χ3v) is 6.51. The first kappa shape index (κ1) is 16.7. The summed E-state index contributed by atoms with van der Waals surface area (Å²) in [4.78, 5) is 2.42. The molecule has 3 rings (SSSR count). The first-order valence-electron chi connectivity index (χ1n) is 8.46. The maximum absolute atomic E-state index is 11.9. The van der Waals surface area contributed by atoms with E-state index in [0.717, 1.165) is 38.9 Å². The normalized spacial score (nSPS) is 23.3. The van der Waals surface area contributed by atoms with Gasteiger partial charge in [-0.25, -0.2) is 13.1 Å². The molecule has 5 heteroatoms. The fourth-order valence-electron chi connectivity index (χ4n) is 3.19. The van der Waals surface area contributed by atoms with Gasteiger partial charge in [-0.15, -0.1) is 0 Å². The minimum Gasteiger partial charge on any atom is -0.299 e. The van der Waals surface area contributed by atoms with Crippen molar-refractivity contribution in [3.63, 3.8) is 0 Å². The van der Waals surface area contributed by atoms with Gasteiger partial charge in [0.1, 0.15) is 0 Å². The van der Waals surface area contributed by atoms with E-state index < -0.39 is 10.0 Å². The number of nitrogens with zero attached hydrogens (tertiary/aromatic N) is 1. The van der Waals surface area contributed by atoms with E-state index in [9.17, 15) is 8.42 Å². The SMILES string of the molecule is C/C(=C\c1ccccc1)CN1CCC(CNS(=O)(=O)C2CC2)C1. The fraction of sp³-hybridized carbons (Fsp3) is 0.556. The zero-order valence-electron chi connectivity index (χ0n) is 13.7. The Bertz CT molecular complexity index is 651. The van der Waals surface area contributed by atoms with Crippen LogP contribution in [0.2, 0.25) is 0 Å². The second kappa shape index (κ2) is 7.16. The topological polar surface area (TPSA) is 49.4 Å². The molecule has 1 aliphatic heterocycles. The highest BCUT2D eigenvalue weighted by molar-refractivity contribution is 7.90. The highest BCUT2D eigenvalue weighted by atomic mass is 32.2. The van der Waals surface area contributed by atoms with Crippen molar-refractivity contribution in [3.8, 4) is 0 Å². The summed E-state index contributed by atoms with van der Waals surface area (Å²) in [6, 6.07) is 10.4. The molecule has 1 saturated heterocycles. The van der Waals surface area contributed by atoms with Crippen molar-refractivity contribution in [1.29, 1.82) is 0 Å². The molecular weight excluding hydrogens is 308 g/mol. The van der Waals surface area contributed by atoms with Crippen LogP contribution in [0.5, 0.6) is 0 Å². The lowest BCUT2D eigenvalue weighted by Crippen LogP contribution is -2.33. The van der Waals surface area contributed by atoms with Crippen molar-refractivity contribution >= 4 is 16.1 Å². The molecule has 1 aromatic rings. The molecule has 1 aromatic carbocycles. The molecule has 4 nitrogen and oxygen atoms in total. The molecule has 2 fully saturated rings. The van der Waals surface area contributed by atoms with E-state index in [-0.39, 0.29) is 5.25 Å². The first-order valence-corrected chi connectivity index (χ1v) is 10.0. The Morgan fingerprint density at radius 2 is 2.00 bits per heavy atom. The van der Waals surface area contributed by atoms with Crippen LogP contribution in [-0.4, -0.2) is 44.7 Å².